The van der Waals surface area contributed by atoms with Crippen LogP contribution in [0.15, 0.2) is 48.5 Å². The third kappa shape index (κ3) is 9.22. The lowest BCUT2D eigenvalue weighted by Gasteiger charge is -2.30. The van der Waals surface area contributed by atoms with Gasteiger partial charge in [-0.2, -0.15) is 0 Å². The summed E-state index contributed by atoms with van der Waals surface area (Å²) >= 11 is 0. The van der Waals surface area contributed by atoms with Gasteiger partial charge in [0, 0.05) is 35.5 Å². The van der Waals surface area contributed by atoms with E-state index in [0.717, 1.165) is 28.9 Å². The Labute approximate surface area is 210 Å². The molecule has 35 heavy (non-hydrogen) atoms. The molecule has 0 aliphatic rings. The third-order valence-corrected chi connectivity index (χ3v) is 5.52. The molecule has 0 heterocycles. The number of carbonyl (C=O) groups is 2. The summed E-state index contributed by atoms with van der Waals surface area (Å²) in [6.07, 6.45) is 0.752. The SMILES string of the molecule is CC(C)N(NC(=O)Nc1ccc(Cc2ccc(NC(=O)NN(C(C)C)C(C)C)cc2)cc1)C(C)C. The van der Waals surface area contributed by atoms with Crippen molar-refractivity contribution in [3.63, 3.8) is 0 Å². The molecule has 0 bridgehead atoms. The van der Waals surface area contributed by atoms with E-state index < -0.39 is 0 Å². The zero-order chi connectivity index (χ0) is 26.1. The number of anilines is 2. The van der Waals surface area contributed by atoms with E-state index in [0.29, 0.717) is 0 Å². The van der Waals surface area contributed by atoms with Gasteiger partial charge in [0.15, 0.2) is 0 Å². The highest BCUT2D eigenvalue weighted by molar-refractivity contribution is 5.89. The molecule has 4 amide bonds. The van der Waals surface area contributed by atoms with E-state index in [1.165, 1.54) is 0 Å². The summed E-state index contributed by atoms with van der Waals surface area (Å²) in [7, 11) is 0. The number of nitrogens with one attached hydrogen (secondary N) is 4. The van der Waals surface area contributed by atoms with Crippen LogP contribution in [0.25, 0.3) is 0 Å². The molecule has 0 radical (unpaired) electrons. The zero-order valence-electron chi connectivity index (χ0n) is 22.3. The molecule has 0 aliphatic carbocycles. The lowest BCUT2D eigenvalue weighted by molar-refractivity contribution is 0.118. The molecule has 2 aromatic carbocycles. The average molecular weight is 483 g/mol. The monoisotopic (exact) mass is 482 g/mol. The predicted octanol–water partition coefficient (Wildman–Crippen LogP) is 5.59. The highest BCUT2D eigenvalue weighted by atomic mass is 16.2. The number of nitrogens with zero attached hydrogens (tertiary/aromatic N) is 2. The van der Waals surface area contributed by atoms with Crippen molar-refractivity contribution in [1.82, 2.24) is 20.9 Å². The first-order chi connectivity index (χ1) is 16.5. The molecule has 0 unspecified atom stereocenters. The molecular formula is C27H42N6O2. The second kappa shape index (κ2) is 13.1. The number of amides is 4. The molecule has 2 rings (SSSR count). The van der Waals surface area contributed by atoms with Crippen LogP contribution in [0.2, 0.25) is 0 Å². The Morgan fingerprint density at radius 1 is 0.571 bits per heavy atom. The van der Waals surface area contributed by atoms with Crippen LogP contribution in [-0.2, 0) is 6.42 Å². The van der Waals surface area contributed by atoms with E-state index in [1.807, 2.05) is 114 Å². The fraction of sp³-hybridized carbons (Fsp3) is 0.481. The maximum absolute atomic E-state index is 12.3. The summed E-state index contributed by atoms with van der Waals surface area (Å²) in [5.41, 5.74) is 9.54. The fourth-order valence-electron chi connectivity index (χ4n) is 3.91. The second-order valence-electron chi connectivity index (χ2n) is 9.89. The average Bonchev–Trinajstić information content (AvgIpc) is 2.77. The molecule has 192 valence electrons. The van der Waals surface area contributed by atoms with Gasteiger partial charge in [-0.1, -0.05) is 24.3 Å². The number of hydrazine groups is 2. The van der Waals surface area contributed by atoms with Crippen LogP contribution in [0.5, 0.6) is 0 Å². The molecule has 0 saturated heterocycles. The molecule has 0 aliphatic heterocycles. The lowest BCUT2D eigenvalue weighted by atomic mass is 10.0. The van der Waals surface area contributed by atoms with Crippen LogP contribution in [0, 0.1) is 0 Å². The van der Waals surface area contributed by atoms with Gasteiger partial charge in [0.2, 0.25) is 0 Å². The number of hydrogen-bond donors (Lipinski definition) is 4. The minimum absolute atomic E-state index is 0.203. The first kappa shape index (κ1) is 28.1. The van der Waals surface area contributed by atoms with Gasteiger partial charge in [0.1, 0.15) is 0 Å². The number of benzene rings is 2. The van der Waals surface area contributed by atoms with Gasteiger partial charge in [0.25, 0.3) is 0 Å². The van der Waals surface area contributed by atoms with Crippen molar-refractivity contribution in [2.24, 2.45) is 0 Å². The molecule has 4 N–H and O–H groups in total. The van der Waals surface area contributed by atoms with Crippen LogP contribution in [-0.4, -0.2) is 46.2 Å². The Bertz CT molecular complexity index is 846. The minimum atomic E-state index is -0.253. The van der Waals surface area contributed by atoms with E-state index in [1.54, 1.807) is 0 Å². The number of urea groups is 2. The normalized spacial score (nSPS) is 11.6. The van der Waals surface area contributed by atoms with Gasteiger partial charge in [0.05, 0.1) is 0 Å². The van der Waals surface area contributed by atoms with Crippen molar-refractivity contribution >= 4 is 23.4 Å². The van der Waals surface area contributed by atoms with E-state index in [4.69, 9.17) is 0 Å². The summed E-state index contributed by atoms with van der Waals surface area (Å²) in [5, 5.41) is 9.60. The largest absolute Gasteiger partial charge is 0.333 e. The number of hydrogen-bond acceptors (Lipinski definition) is 4. The molecule has 0 spiro atoms. The first-order valence-electron chi connectivity index (χ1n) is 12.4. The molecule has 0 fully saturated rings. The van der Waals surface area contributed by atoms with E-state index in [9.17, 15) is 9.59 Å². The minimum Gasteiger partial charge on any atom is -0.307 e. The number of rotatable bonds is 10. The van der Waals surface area contributed by atoms with Gasteiger partial charge in [-0.25, -0.2) is 19.6 Å². The van der Waals surface area contributed by atoms with Gasteiger partial charge < -0.3 is 10.6 Å². The summed E-state index contributed by atoms with van der Waals surface area (Å²) in [6, 6.07) is 15.9. The van der Waals surface area contributed by atoms with Gasteiger partial charge in [-0.05, 0) is 97.2 Å². The summed E-state index contributed by atoms with van der Waals surface area (Å²) in [5.74, 6) is 0. The maximum atomic E-state index is 12.3. The topological polar surface area (TPSA) is 88.7 Å². The zero-order valence-corrected chi connectivity index (χ0v) is 22.3. The Kier molecular flexibility index (Phi) is 10.5. The van der Waals surface area contributed by atoms with E-state index in [-0.39, 0.29) is 36.2 Å². The van der Waals surface area contributed by atoms with Gasteiger partial charge >= 0.3 is 12.1 Å². The van der Waals surface area contributed by atoms with Gasteiger partial charge in [-0.15, -0.1) is 0 Å². The Morgan fingerprint density at radius 2 is 0.857 bits per heavy atom. The summed E-state index contributed by atoms with van der Waals surface area (Å²) in [6.45, 7) is 16.3. The highest BCUT2D eigenvalue weighted by Crippen LogP contribution is 2.16. The van der Waals surface area contributed by atoms with E-state index >= 15 is 0 Å². The molecular weight excluding hydrogens is 440 g/mol. The first-order valence-corrected chi connectivity index (χ1v) is 12.4. The van der Waals surface area contributed by atoms with Crippen LogP contribution in [0.3, 0.4) is 0 Å². The highest BCUT2D eigenvalue weighted by Gasteiger charge is 2.17. The third-order valence-electron chi connectivity index (χ3n) is 5.52. The Morgan fingerprint density at radius 3 is 1.11 bits per heavy atom. The van der Waals surface area contributed by atoms with E-state index in [2.05, 4.69) is 21.5 Å². The summed E-state index contributed by atoms with van der Waals surface area (Å²) in [4.78, 5) is 24.7. The van der Waals surface area contributed by atoms with Crippen LogP contribution < -0.4 is 21.5 Å². The van der Waals surface area contributed by atoms with Crippen molar-refractivity contribution in [3.8, 4) is 0 Å². The predicted molar refractivity (Wildman–Crippen MR) is 144 cm³/mol. The van der Waals surface area contributed by atoms with Gasteiger partial charge in [-0.3, -0.25) is 10.9 Å². The number of carbonyl (C=O) groups excluding carboxylic acids is 2. The molecule has 0 saturated carbocycles. The Hall–Kier alpha value is -3.10. The second-order valence-corrected chi connectivity index (χ2v) is 9.89. The van der Waals surface area contributed by atoms with Crippen LogP contribution in [0.1, 0.15) is 66.5 Å². The molecule has 8 nitrogen and oxygen atoms in total. The summed E-state index contributed by atoms with van der Waals surface area (Å²) < 4.78 is 0. The fourth-order valence-corrected chi connectivity index (χ4v) is 3.91. The van der Waals surface area contributed by atoms with Crippen LogP contribution >= 0.6 is 0 Å². The molecule has 2 aromatic rings. The van der Waals surface area contributed by atoms with Crippen molar-refractivity contribution in [1.29, 1.82) is 0 Å². The Balaban J connectivity index is 1.89. The molecule has 0 atom stereocenters. The van der Waals surface area contributed by atoms with Crippen molar-refractivity contribution < 1.29 is 9.59 Å². The molecule has 8 heteroatoms. The molecule has 0 aromatic heterocycles. The lowest BCUT2D eigenvalue weighted by Crippen LogP contribution is -2.51. The standard InChI is InChI=1S/C27H42N6O2/c1-18(2)32(19(3)4)30-26(34)28-24-13-9-22(10-14-24)17-23-11-15-25(16-12-23)29-27(35)31-33(20(5)6)21(7)8/h9-16,18-21H,17H2,1-8H3,(H2,28,30,34)(H2,29,31,35). The smallest absolute Gasteiger partial charge is 0.307 e. The maximum Gasteiger partial charge on any atom is 0.333 e. The quantitative estimate of drug-likeness (QED) is 0.333. The van der Waals surface area contributed by atoms with Crippen molar-refractivity contribution in [2.75, 3.05) is 10.6 Å². The van der Waals surface area contributed by atoms with Crippen molar-refractivity contribution in [3.05, 3.63) is 59.7 Å². The van der Waals surface area contributed by atoms with Crippen LogP contribution in [0.4, 0.5) is 21.0 Å². The van der Waals surface area contributed by atoms with Crippen molar-refractivity contribution in [2.45, 2.75) is 86.0 Å².